The van der Waals surface area contributed by atoms with Gasteiger partial charge in [0.1, 0.15) is 17.1 Å². The van der Waals surface area contributed by atoms with E-state index in [0.29, 0.717) is 0 Å². The van der Waals surface area contributed by atoms with Gasteiger partial charge in [-0.2, -0.15) is 0 Å². The number of carbonyl (C=O) groups excluding carboxylic acids is 2. The van der Waals surface area contributed by atoms with Gasteiger partial charge in [0, 0.05) is 6.92 Å². The summed E-state index contributed by atoms with van der Waals surface area (Å²) in [4.78, 5) is 30.6. The molecular formula is C12H14O5. The first-order chi connectivity index (χ1) is 7.84. The Morgan fingerprint density at radius 1 is 1.06 bits per heavy atom. The van der Waals surface area contributed by atoms with Crippen molar-refractivity contribution < 1.29 is 24.2 Å². The zero-order valence-corrected chi connectivity index (χ0v) is 9.89. The Morgan fingerprint density at radius 3 is 1.94 bits per heavy atom. The molecule has 17 heavy (non-hydrogen) atoms. The Bertz CT molecular complexity index is 419. The van der Waals surface area contributed by atoms with Crippen molar-refractivity contribution >= 4 is 17.7 Å². The first-order valence-electron chi connectivity index (χ1n) is 4.82. The van der Waals surface area contributed by atoms with Gasteiger partial charge in [0.15, 0.2) is 0 Å². The van der Waals surface area contributed by atoms with Crippen LogP contribution in [0.25, 0.3) is 0 Å². The lowest BCUT2D eigenvalue weighted by molar-refractivity contribution is -0.131. The number of ether oxygens (including phenoxy) is 1. The molecule has 0 aliphatic rings. The molecule has 5 nitrogen and oxygen atoms in total. The van der Waals surface area contributed by atoms with Crippen molar-refractivity contribution in [2.24, 2.45) is 0 Å². The van der Waals surface area contributed by atoms with Crippen LogP contribution in [0.3, 0.4) is 0 Å². The van der Waals surface area contributed by atoms with Crippen molar-refractivity contribution in [3.63, 3.8) is 0 Å². The quantitative estimate of drug-likeness (QED) is 0.628. The van der Waals surface area contributed by atoms with Crippen molar-refractivity contribution in [1.82, 2.24) is 0 Å². The number of esters is 1. The Hall–Kier alpha value is -2.17. The molecular weight excluding hydrogens is 224 g/mol. The van der Waals surface area contributed by atoms with Gasteiger partial charge >= 0.3 is 11.9 Å². The number of ketones is 1. The van der Waals surface area contributed by atoms with E-state index in [1.807, 2.05) is 0 Å². The SMILES string of the molecule is CC(=O)Oc1ccccc1C(=O)O.CC(C)=O. The van der Waals surface area contributed by atoms with Gasteiger partial charge in [0.25, 0.3) is 0 Å². The second-order valence-corrected chi connectivity index (χ2v) is 3.30. The van der Waals surface area contributed by atoms with Crippen LogP contribution in [0.2, 0.25) is 0 Å². The molecule has 5 heteroatoms. The average Bonchev–Trinajstić information content (AvgIpc) is 2.16. The van der Waals surface area contributed by atoms with E-state index < -0.39 is 11.9 Å². The first-order valence-corrected chi connectivity index (χ1v) is 4.82. The van der Waals surface area contributed by atoms with Crippen molar-refractivity contribution in [1.29, 1.82) is 0 Å². The molecule has 0 unspecified atom stereocenters. The number of carboxylic acid groups (broad SMARTS) is 1. The number of benzene rings is 1. The van der Waals surface area contributed by atoms with Crippen molar-refractivity contribution in [3.8, 4) is 5.75 Å². The summed E-state index contributed by atoms with van der Waals surface area (Å²) in [5.41, 5.74) is -0.0160. The molecule has 0 fully saturated rings. The lowest BCUT2D eigenvalue weighted by Crippen LogP contribution is -2.06. The molecule has 0 radical (unpaired) electrons. The standard InChI is InChI=1S/C9H8O4.C3H6O/c1-6(10)13-8-5-3-2-4-7(8)9(11)12;1-3(2)4/h2-5H,1H3,(H,11,12);1-2H3. The highest BCUT2D eigenvalue weighted by molar-refractivity contribution is 5.91. The zero-order valence-electron chi connectivity index (χ0n) is 9.89. The predicted octanol–water partition coefficient (Wildman–Crippen LogP) is 1.91. The topological polar surface area (TPSA) is 80.7 Å². The van der Waals surface area contributed by atoms with Crippen LogP contribution < -0.4 is 4.74 Å². The van der Waals surface area contributed by atoms with Crippen molar-refractivity contribution in [2.75, 3.05) is 0 Å². The van der Waals surface area contributed by atoms with E-state index in [-0.39, 0.29) is 17.1 Å². The summed E-state index contributed by atoms with van der Waals surface area (Å²) in [7, 11) is 0. The minimum atomic E-state index is -1.11. The zero-order chi connectivity index (χ0) is 13.4. The number of hydrogen-bond donors (Lipinski definition) is 1. The van der Waals surface area contributed by atoms with Gasteiger partial charge in [0.2, 0.25) is 0 Å². The van der Waals surface area contributed by atoms with Gasteiger partial charge in [-0.25, -0.2) is 4.79 Å². The Morgan fingerprint density at radius 2 is 1.53 bits per heavy atom. The summed E-state index contributed by atoms with van der Waals surface area (Å²) >= 11 is 0. The molecule has 1 rings (SSSR count). The molecule has 0 aromatic heterocycles. The molecule has 92 valence electrons. The molecule has 0 saturated heterocycles. The maximum Gasteiger partial charge on any atom is 0.339 e. The Labute approximate surface area is 99.0 Å². The van der Waals surface area contributed by atoms with E-state index in [4.69, 9.17) is 5.11 Å². The van der Waals surface area contributed by atoms with Crippen LogP contribution in [0.4, 0.5) is 0 Å². The highest BCUT2D eigenvalue weighted by Gasteiger charge is 2.10. The van der Waals surface area contributed by atoms with E-state index in [0.717, 1.165) is 0 Å². The van der Waals surface area contributed by atoms with E-state index in [2.05, 4.69) is 4.74 Å². The van der Waals surface area contributed by atoms with Crippen LogP contribution in [-0.4, -0.2) is 22.8 Å². The maximum atomic E-state index is 10.6. The monoisotopic (exact) mass is 238 g/mol. The fourth-order valence-electron chi connectivity index (χ4n) is 0.887. The molecule has 1 aromatic carbocycles. The Kier molecular flexibility index (Phi) is 6.25. The number of aromatic carboxylic acids is 1. The number of Topliss-reactive ketones (excluding diaryl/α,β-unsaturated/α-hetero) is 1. The minimum absolute atomic E-state index is 0.0160. The summed E-state index contributed by atoms with van der Waals surface area (Å²) in [6.07, 6.45) is 0. The second kappa shape index (κ2) is 7.16. The van der Waals surface area contributed by atoms with E-state index in [9.17, 15) is 14.4 Å². The summed E-state index contributed by atoms with van der Waals surface area (Å²) in [6.45, 7) is 4.28. The number of hydrogen-bond acceptors (Lipinski definition) is 4. The lowest BCUT2D eigenvalue weighted by atomic mass is 10.2. The first kappa shape index (κ1) is 14.8. The fourth-order valence-corrected chi connectivity index (χ4v) is 0.887. The number of carbonyl (C=O) groups is 3. The van der Waals surface area contributed by atoms with Gasteiger partial charge in [-0.05, 0) is 26.0 Å². The van der Waals surface area contributed by atoms with Crippen molar-refractivity contribution in [3.05, 3.63) is 29.8 Å². The van der Waals surface area contributed by atoms with Crippen LogP contribution in [0.15, 0.2) is 24.3 Å². The average molecular weight is 238 g/mol. The molecule has 0 aliphatic carbocycles. The number of para-hydroxylation sites is 1. The van der Waals surface area contributed by atoms with Crippen LogP contribution in [0.5, 0.6) is 5.75 Å². The van der Waals surface area contributed by atoms with E-state index >= 15 is 0 Å². The summed E-state index contributed by atoms with van der Waals surface area (Å²) < 4.78 is 4.69. The summed E-state index contributed by atoms with van der Waals surface area (Å²) in [5, 5.41) is 8.69. The van der Waals surface area contributed by atoms with Crippen molar-refractivity contribution in [2.45, 2.75) is 20.8 Å². The smallest absolute Gasteiger partial charge is 0.339 e. The summed E-state index contributed by atoms with van der Waals surface area (Å²) in [5.74, 6) is -1.41. The molecule has 0 bridgehead atoms. The van der Waals surface area contributed by atoms with Gasteiger partial charge in [-0.15, -0.1) is 0 Å². The fraction of sp³-hybridized carbons (Fsp3) is 0.250. The largest absolute Gasteiger partial charge is 0.478 e. The predicted molar refractivity (Wildman–Crippen MR) is 61.1 cm³/mol. The van der Waals surface area contributed by atoms with E-state index in [1.54, 1.807) is 12.1 Å². The van der Waals surface area contributed by atoms with Crippen LogP contribution in [-0.2, 0) is 9.59 Å². The normalized spacial score (nSPS) is 8.65. The molecule has 1 aromatic rings. The molecule has 0 atom stereocenters. The molecule has 0 spiro atoms. The second-order valence-electron chi connectivity index (χ2n) is 3.30. The van der Waals surface area contributed by atoms with E-state index in [1.165, 1.54) is 32.9 Å². The highest BCUT2D eigenvalue weighted by atomic mass is 16.5. The van der Waals surface area contributed by atoms with Crippen LogP contribution in [0, 0.1) is 0 Å². The summed E-state index contributed by atoms with van der Waals surface area (Å²) in [6, 6.07) is 5.98. The van der Waals surface area contributed by atoms with Gasteiger partial charge < -0.3 is 14.6 Å². The molecule has 1 N–H and O–H groups in total. The number of carboxylic acids is 1. The van der Waals surface area contributed by atoms with Gasteiger partial charge in [0.05, 0.1) is 0 Å². The molecule has 0 aliphatic heterocycles. The van der Waals surface area contributed by atoms with Gasteiger partial charge in [-0.3, -0.25) is 4.79 Å². The maximum absolute atomic E-state index is 10.6. The third kappa shape index (κ3) is 6.83. The van der Waals surface area contributed by atoms with Crippen LogP contribution in [0.1, 0.15) is 31.1 Å². The Balaban J connectivity index is 0.000000557. The highest BCUT2D eigenvalue weighted by Crippen LogP contribution is 2.17. The lowest BCUT2D eigenvalue weighted by Gasteiger charge is -2.03. The van der Waals surface area contributed by atoms with Gasteiger partial charge in [-0.1, -0.05) is 12.1 Å². The van der Waals surface area contributed by atoms with Crippen LogP contribution >= 0.6 is 0 Å². The molecule has 0 heterocycles. The third-order valence-corrected chi connectivity index (χ3v) is 1.37. The minimum Gasteiger partial charge on any atom is -0.478 e. The number of rotatable bonds is 2. The molecule has 0 amide bonds. The third-order valence-electron chi connectivity index (χ3n) is 1.37. The molecule has 0 saturated carbocycles.